The molecular formula is C16H16N2O4. The van der Waals surface area contributed by atoms with Gasteiger partial charge in [0.25, 0.3) is 5.69 Å². The Morgan fingerprint density at radius 1 is 1.14 bits per heavy atom. The van der Waals surface area contributed by atoms with Gasteiger partial charge in [-0.1, -0.05) is 12.1 Å². The molecule has 114 valence electrons. The number of methoxy groups -OCH3 is 1. The van der Waals surface area contributed by atoms with Gasteiger partial charge in [-0.15, -0.1) is 0 Å². The zero-order valence-corrected chi connectivity index (χ0v) is 12.3. The van der Waals surface area contributed by atoms with Crippen molar-refractivity contribution >= 4 is 17.3 Å². The van der Waals surface area contributed by atoms with Gasteiger partial charge in [0.2, 0.25) is 5.91 Å². The third-order valence-electron chi connectivity index (χ3n) is 3.35. The number of ether oxygens (including phenoxy) is 1. The highest BCUT2D eigenvalue weighted by Gasteiger charge is 2.16. The molecule has 0 aliphatic rings. The maximum absolute atomic E-state index is 12.2. The van der Waals surface area contributed by atoms with Crippen molar-refractivity contribution in [1.82, 2.24) is 0 Å². The van der Waals surface area contributed by atoms with Crippen molar-refractivity contribution in [3.05, 3.63) is 64.2 Å². The van der Waals surface area contributed by atoms with Crippen LogP contribution in [0.3, 0.4) is 0 Å². The molecule has 0 aliphatic carbocycles. The third-order valence-corrected chi connectivity index (χ3v) is 3.35. The lowest BCUT2D eigenvalue weighted by Gasteiger charge is -2.12. The van der Waals surface area contributed by atoms with Gasteiger partial charge in [-0.25, -0.2) is 0 Å². The molecule has 2 rings (SSSR count). The SMILES string of the molecule is COc1ccc(NC(=O)[C@@H](C)c2ccc([N+](=O)[O-])cc2)cc1. The van der Waals surface area contributed by atoms with Crippen LogP contribution < -0.4 is 10.1 Å². The number of benzene rings is 2. The molecule has 2 aromatic carbocycles. The highest BCUT2D eigenvalue weighted by molar-refractivity contribution is 5.95. The maximum atomic E-state index is 12.2. The smallest absolute Gasteiger partial charge is 0.269 e. The summed E-state index contributed by atoms with van der Waals surface area (Å²) in [5, 5.41) is 13.4. The highest BCUT2D eigenvalue weighted by atomic mass is 16.6. The van der Waals surface area contributed by atoms with Gasteiger partial charge in [-0.2, -0.15) is 0 Å². The minimum absolute atomic E-state index is 0.00603. The summed E-state index contributed by atoms with van der Waals surface area (Å²) in [5.41, 5.74) is 1.39. The highest BCUT2D eigenvalue weighted by Crippen LogP contribution is 2.22. The summed E-state index contributed by atoms with van der Waals surface area (Å²) >= 11 is 0. The molecule has 1 N–H and O–H groups in total. The fourth-order valence-corrected chi connectivity index (χ4v) is 1.96. The molecule has 0 saturated carbocycles. The molecule has 0 bridgehead atoms. The molecule has 0 spiro atoms. The number of nitro groups is 1. The van der Waals surface area contributed by atoms with E-state index < -0.39 is 10.8 Å². The summed E-state index contributed by atoms with van der Waals surface area (Å²) in [5.74, 6) is 0.114. The van der Waals surface area contributed by atoms with Crippen molar-refractivity contribution in [3.8, 4) is 5.75 Å². The van der Waals surface area contributed by atoms with Gasteiger partial charge in [0.15, 0.2) is 0 Å². The minimum atomic E-state index is -0.466. The van der Waals surface area contributed by atoms with Crippen LogP contribution in [0, 0.1) is 10.1 Å². The lowest BCUT2D eigenvalue weighted by Crippen LogP contribution is -2.18. The number of non-ortho nitro benzene ring substituents is 1. The van der Waals surface area contributed by atoms with Crippen LogP contribution >= 0.6 is 0 Å². The average Bonchev–Trinajstić information content (AvgIpc) is 2.55. The van der Waals surface area contributed by atoms with Crippen LogP contribution in [0.25, 0.3) is 0 Å². The summed E-state index contributed by atoms with van der Waals surface area (Å²) in [6.07, 6.45) is 0. The monoisotopic (exact) mass is 300 g/mol. The minimum Gasteiger partial charge on any atom is -0.497 e. The molecule has 0 heterocycles. The zero-order valence-electron chi connectivity index (χ0n) is 12.3. The second-order valence-electron chi connectivity index (χ2n) is 4.79. The van der Waals surface area contributed by atoms with E-state index in [4.69, 9.17) is 4.74 Å². The van der Waals surface area contributed by atoms with Gasteiger partial charge >= 0.3 is 0 Å². The average molecular weight is 300 g/mol. The predicted molar refractivity (Wildman–Crippen MR) is 83.1 cm³/mol. The molecule has 6 heteroatoms. The van der Waals surface area contributed by atoms with Crippen molar-refractivity contribution in [3.63, 3.8) is 0 Å². The van der Waals surface area contributed by atoms with Gasteiger partial charge in [0.1, 0.15) is 5.75 Å². The summed E-state index contributed by atoms with van der Waals surface area (Å²) < 4.78 is 5.05. The Balaban J connectivity index is 2.06. The molecule has 0 radical (unpaired) electrons. The second-order valence-corrected chi connectivity index (χ2v) is 4.79. The van der Waals surface area contributed by atoms with E-state index in [1.807, 2.05) is 0 Å². The Kier molecular flexibility index (Phi) is 4.73. The lowest BCUT2D eigenvalue weighted by atomic mass is 10.00. The lowest BCUT2D eigenvalue weighted by molar-refractivity contribution is -0.384. The number of anilines is 1. The Hall–Kier alpha value is -2.89. The topological polar surface area (TPSA) is 81.5 Å². The number of carbonyl (C=O) groups excluding carboxylic acids is 1. The predicted octanol–water partition coefficient (Wildman–Crippen LogP) is 3.35. The van der Waals surface area contributed by atoms with Crippen LogP contribution in [-0.2, 0) is 4.79 Å². The Morgan fingerprint density at radius 2 is 1.73 bits per heavy atom. The van der Waals surface area contributed by atoms with E-state index in [2.05, 4.69) is 5.32 Å². The van der Waals surface area contributed by atoms with E-state index in [0.29, 0.717) is 11.4 Å². The molecule has 0 unspecified atom stereocenters. The van der Waals surface area contributed by atoms with Crippen LogP contribution in [0.1, 0.15) is 18.4 Å². The first kappa shape index (κ1) is 15.5. The van der Waals surface area contributed by atoms with Gasteiger partial charge < -0.3 is 10.1 Å². The molecule has 0 fully saturated rings. The van der Waals surface area contributed by atoms with E-state index >= 15 is 0 Å². The van der Waals surface area contributed by atoms with Crippen LogP contribution in [0.15, 0.2) is 48.5 Å². The van der Waals surface area contributed by atoms with Crippen molar-refractivity contribution in [2.24, 2.45) is 0 Å². The molecule has 1 amide bonds. The van der Waals surface area contributed by atoms with Crippen molar-refractivity contribution in [1.29, 1.82) is 0 Å². The molecule has 22 heavy (non-hydrogen) atoms. The number of hydrogen-bond acceptors (Lipinski definition) is 4. The number of nitro benzene ring substituents is 1. The quantitative estimate of drug-likeness (QED) is 0.678. The Morgan fingerprint density at radius 3 is 2.23 bits per heavy atom. The maximum Gasteiger partial charge on any atom is 0.269 e. The van der Waals surface area contributed by atoms with E-state index in [-0.39, 0.29) is 11.6 Å². The number of amides is 1. The van der Waals surface area contributed by atoms with Crippen molar-refractivity contribution in [2.75, 3.05) is 12.4 Å². The first-order chi connectivity index (χ1) is 10.5. The number of carbonyl (C=O) groups is 1. The van der Waals surface area contributed by atoms with E-state index in [9.17, 15) is 14.9 Å². The van der Waals surface area contributed by atoms with E-state index in [1.54, 1.807) is 50.4 Å². The standard InChI is InChI=1S/C16H16N2O4/c1-11(12-3-7-14(8-4-12)18(20)21)16(19)17-13-5-9-15(22-2)10-6-13/h3-11H,1-2H3,(H,17,19)/t11-/m0/s1. The van der Waals surface area contributed by atoms with Gasteiger partial charge in [-0.3, -0.25) is 14.9 Å². The third kappa shape index (κ3) is 3.60. The van der Waals surface area contributed by atoms with Gasteiger partial charge in [0.05, 0.1) is 18.0 Å². The first-order valence-electron chi connectivity index (χ1n) is 6.70. The molecule has 0 aliphatic heterocycles. The number of hydrogen-bond donors (Lipinski definition) is 1. The molecule has 2 aromatic rings. The molecule has 0 aromatic heterocycles. The summed E-state index contributed by atoms with van der Waals surface area (Å²) in [7, 11) is 1.57. The van der Waals surface area contributed by atoms with E-state index in [0.717, 1.165) is 5.56 Å². The van der Waals surface area contributed by atoms with Crippen LogP contribution in [0.4, 0.5) is 11.4 Å². The van der Waals surface area contributed by atoms with Crippen molar-refractivity contribution < 1.29 is 14.5 Å². The summed E-state index contributed by atoms with van der Waals surface area (Å²) in [6, 6.07) is 13.0. The van der Waals surface area contributed by atoms with E-state index in [1.165, 1.54) is 12.1 Å². The zero-order chi connectivity index (χ0) is 16.1. The van der Waals surface area contributed by atoms with Gasteiger partial charge in [0, 0.05) is 17.8 Å². The molecule has 1 atom stereocenters. The molecule has 0 saturated heterocycles. The summed E-state index contributed by atoms with van der Waals surface area (Å²) in [4.78, 5) is 22.4. The van der Waals surface area contributed by atoms with Crippen LogP contribution in [0.5, 0.6) is 5.75 Å². The van der Waals surface area contributed by atoms with Gasteiger partial charge in [-0.05, 0) is 36.8 Å². The number of rotatable bonds is 5. The largest absolute Gasteiger partial charge is 0.497 e. The van der Waals surface area contributed by atoms with Crippen LogP contribution in [0.2, 0.25) is 0 Å². The molecular weight excluding hydrogens is 284 g/mol. The molecule has 6 nitrogen and oxygen atoms in total. The fraction of sp³-hybridized carbons (Fsp3) is 0.188. The van der Waals surface area contributed by atoms with Crippen LogP contribution in [-0.4, -0.2) is 17.9 Å². The fourth-order valence-electron chi connectivity index (χ4n) is 1.96. The summed E-state index contributed by atoms with van der Waals surface area (Å²) in [6.45, 7) is 1.75. The normalized spacial score (nSPS) is 11.5. The Bertz CT molecular complexity index is 666. The van der Waals surface area contributed by atoms with Crippen molar-refractivity contribution in [2.45, 2.75) is 12.8 Å². The number of nitrogens with zero attached hydrogens (tertiary/aromatic N) is 1. The second kappa shape index (κ2) is 6.71. The number of nitrogens with one attached hydrogen (secondary N) is 1. The first-order valence-corrected chi connectivity index (χ1v) is 6.70. The Labute approximate surface area is 127 Å².